The highest BCUT2D eigenvalue weighted by atomic mass is 16.5. The molecule has 1 aromatic rings. The van der Waals surface area contributed by atoms with Crippen molar-refractivity contribution in [3.8, 4) is 5.75 Å². The Kier molecular flexibility index (Phi) is 3.53. The lowest BCUT2D eigenvalue weighted by atomic mass is 9.45. The van der Waals surface area contributed by atoms with Crippen molar-refractivity contribution < 1.29 is 4.74 Å². The molecule has 0 unspecified atom stereocenters. The molecule has 3 fully saturated rings. The van der Waals surface area contributed by atoms with Crippen LogP contribution in [-0.2, 0) is 6.54 Å². The Bertz CT molecular complexity index is 482. The van der Waals surface area contributed by atoms with E-state index in [1.165, 1.54) is 18.4 Å². The van der Waals surface area contributed by atoms with Crippen LogP contribution in [-0.4, -0.2) is 13.2 Å². The molecule has 1 aromatic carbocycles. The number of fused-ring (bicyclic) bond motifs is 2. The van der Waals surface area contributed by atoms with Gasteiger partial charge in [0, 0.05) is 18.2 Å². The summed E-state index contributed by atoms with van der Waals surface area (Å²) in [6, 6.07) is 8.98. The van der Waals surface area contributed by atoms with Gasteiger partial charge in [0.15, 0.2) is 0 Å². The Morgan fingerprint density at radius 3 is 2.65 bits per heavy atom. The van der Waals surface area contributed by atoms with Gasteiger partial charge in [0.25, 0.3) is 0 Å². The van der Waals surface area contributed by atoms with E-state index in [-0.39, 0.29) is 0 Å². The van der Waals surface area contributed by atoms with Crippen molar-refractivity contribution >= 4 is 0 Å². The van der Waals surface area contributed by atoms with Crippen LogP contribution in [0.1, 0.15) is 39.2 Å². The standard InChI is InChI=1S/C18H27NO/c1-12-15-9-14(18(15,2)3)10-16(12)19-11-13-7-5-6-8-17(13)20-4/h5-8,12,14-16,19H,9-11H2,1-4H3/t12-,14+,15-,16-/m0/s1. The van der Waals surface area contributed by atoms with Gasteiger partial charge in [-0.15, -0.1) is 0 Å². The average molecular weight is 273 g/mol. The maximum absolute atomic E-state index is 5.44. The highest BCUT2D eigenvalue weighted by molar-refractivity contribution is 5.33. The van der Waals surface area contributed by atoms with Gasteiger partial charge in [-0.1, -0.05) is 39.0 Å². The lowest BCUT2D eigenvalue weighted by Gasteiger charge is -2.62. The van der Waals surface area contributed by atoms with E-state index in [0.717, 1.165) is 30.0 Å². The molecule has 2 heteroatoms. The highest BCUT2D eigenvalue weighted by Gasteiger charge is 2.55. The van der Waals surface area contributed by atoms with Crippen LogP contribution in [0.15, 0.2) is 24.3 Å². The molecule has 0 spiro atoms. The fourth-order valence-corrected chi connectivity index (χ4v) is 4.51. The van der Waals surface area contributed by atoms with E-state index < -0.39 is 0 Å². The largest absolute Gasteiger partial charge is 0.496 e. The Labute approximate surface area is 122 Å². The SMILES string of the molecule is COc1ccccc1CN[C@H]1C[C@H]2C[C@@H]([C@@H]1C)C2(C)C. The number of benzene rings is 1. The van der Waals surface area contributed by atoms with Crippen LogP contribution in [0.5, 0.6) is 5.75 Å². The molecule has 0 saturated heterocycles. The first-order chi connectivity index (χ1) is 9.54. The predicted molar refractivity (Wildman–Crippen MR) is 82.8 cm³/mol. The van der Waals surface area contributed by atoms with E-state index in [9.17, 15) is 0 Å². The van der Waals surface area contributed by atoms with Gasteiger partial charge in [-0.2, -0.15) is 0 Å². The lowest BCUT2D eigenvalue weighted by molar-refractivity contribution is -0.115. The number of hydrogen-bond donors (Lipinski definition) is 1. The zero-order valence-corrected chi connectivity index (χ0v) is 13.1. The summed E-state index contributed by atoms with van der Waals surface area (Å²) in [5, 5.41) is 3.78. The summed E-state index contributed by atoms with van der Waals surface area (Å²) in [6.45, 7) is 8.26. The molecule has 3 saturated carbocycles. The van der Waals surface area contributed by atoms with Crippen LogP contribution in [0.4, 0.5) is 0 Å². The molecule has 3 aliphatic carbocycles. The van der Waals surface area contributed by atoms with E-state index in [1.807, 2.05) is 12.1 Å². The summed E-state index contributed by atoms with van der Waals surface area (Å²) in [4.78, 5) is 0. The molecule has 0 radical (unpaired) electrons. The van der Waals surface area contributed by atoms with Gasteiger partial charge < -0.3 is 10.1 Å². The normalized spacial score (nSPS) is 34.4. The van der Waals surface area contributed by atoms with Crippen LogP contribution in [0.2, 0.25) is 0 Å². The highest BCUT2D eigenvalue weighted by Crippen LogP contribution is 2.61. The van der Waals surface area contributed by atoms with Gasteiger partial charge in [0.2, 0.25) is 0 Å². The van der Waals surface area contributed by atoms with Gasteiger partial charge in [-0.25, -0.2) is 0 Å². The smallest absolute Gasteiger partial charge is 0.123 e. The molecular formula is C18H27NO. The summed E-state index contributed by atoms with van der Waals surface area (Å²) in [5.41, 5.74) is 1.84. The first-order valence-corrected chi connectivity index (χ1v) is 7.89. The molecule has 3 aliphatic rings. The molecule has 20 heavy (non-hydrogen) atoms. The van der Waals surface area contributed by atoms with E-state index in [2.05, 4.69) is 38.2 Å². The van der Waals surface area contributed by atoms with Gasteiger partial charge >= 0.3 is 0 Å². The summed E-state index contributed by atoms with van der Waals surface area (Å²) in [6.07, 6.45) is 2.78. The summed E-state index contributed by atoms with van der Waals surface area (Å²) in [7, 11) is 1.75. The first-order valence-electron chi connectivity index (χ1n) is 7.89. The topological polar surface area (TPSA) is 21.3 Å². The predicted octanol–water partition coefficient (Wildman–Crippen LogP) is 3.86. The van der Waals surface area contributed by atoms with Crippen LogP contribution in [0.25, 0.3) is 0 Å². The molecule has 110 valence electrons. The third-order valence-electron chi connectivity index (χ3n) is 6.10. The molecule has 2 bridgehead atoms. The van der Waals surface area contributed by atoms with Crippen LogP contribution in [0.3, 0.4) is 0 Å². The van der Waals surface area contributed by atoms with Crippen molar-refractivity contribution in [2.75, 3.05) is 7.11 Å². The quantitative estimate of drug-likeness (QED) is 0.899. The van der Waals surface area contributed by atoms with Crippen molar-refractivity contribution in [2.24, 2.45) is 23.2 Å². The molecular weight excluding hydrogens is 246 g/mol. The second-order valence-corrected chi connectivity index (χ2v) is 7.25. The lowest BCUT2D eigenvalue weighted by Crippen LogP contribution is -2.59. The first kappa shape index (κ1) is 13.9. The molecule has 0 aromatic heterocycles. The number of rotatable bonds is 4. The minimum atomic E-state index is 0.571. The molecule has 2 nitrogen and oxygen atoms in total. The van der Waals surface area contributed by atoms with Crippen molar-refractivity contribution in [1.29, 1.82) is 0 Å². The fourth-order valence-electron chi connectivity index (χ4n) is 4.51. The monoisotopic (exact) mass is 273 g/mol. The van der Waals surface area contributed by atoms with Gasteiger partial charge in [-0.3, -0.25) is 0 Å². The number of ether oxygens (including phenoxy) is 1. The van der Waals surface area contributed by atoms with Crippen molar-refractivity contribution in [2.45, 2.75) is 46.2 Å². The second kappa shape index (κ2) is 5.07. The zero-order valence-electron chi connectivity index (χ0n) is 13.1. The molecule has 0 heterocycles. The van der Waals surface area contributed by atoms with E-state index in [1.54, 1.807) is 7.11 Å². The van der Waals surface area contributed by atoms with E-state index >= 15 is 0 Å². The Hall–Kier alpha value is -1.02. The fraction of sp³-hybridized carbons (Fsp3) is 0.667. The van der Waals surface area contributed by atoms with Crippen LogP contribution >= 0.6 is 0 Å². The second-order valence-electron chi connectivity index (χ2n) is 7.25. The molecule has 0 amide bonds. The third-order valence-corrected chi connectivity index (χ3v) is 6.10. The maximum atomic E-state index is 5.44. The Morgan fingerprint density at radius 2 is 2.00 bits per heavy atom. The van der Waals surface area contributed by atoms with Crippen molar-refractivity contribution in [3.63, 3.8) is 0 Å². The maximum Gasteiger partial charge on any atom is 0.123 e. The minimum Gasteiger partial charge on any atom is -0.496 e. The Morgan fingerprint density at radius 1 is 1.25 bits per heavy atom. The Balaban J connectivity index is 1.63. The van der Waals surface area contributed by atoms with E-state index in [0.29, 0.717) is 11.5 Å². The van der Waals surface area contributed by atoms with E-state index in [4.69, 9.17) is 4.74 Å². The number of para-hydroxylation sites is 1. The van der Waals surface area contributed by atoms with Crippen molar-refractivity contribution in [3.05, 3.63) is 29.8 Å². The third kappa shape index (κ3) is 2.14. The molecule has 4 atom stereocenters. The summed E-state index contributed by atoms with van der Waals surface area (Å²) in [5.74, 6) is 3.59. The molecule has 1 N–H and O–H groups in total. The number of methoxy groups -OCH3 is 1. The molecule has 0 aliphatic heterocycles. The minimum absolute atomic E-state index is 0.571. The summed E-state index contributed by atoms with van der Waals surface area (Å²) >= 11 is 0. The number of hydrogen-bond acceptors (Lipinski definition) is 2. The van der Waals surface area contributed by atoms with Crippen molar-refractivity contribution in [1.82, 2.24) is 5.32 Å². The zero-order chi connectivity index (χ0) is 14.3. The van der Waals surface area contributed by atoms with Crippen LogP contribution < -0.4 is 10.1 Å². The van der Waals surface area contributed by atoms with Crippen LogP contribution in [0, 0.1) is 23.2 Å². The van der Waals surface area contributed by atoms with Gasteiger partial charge in [0.1, 0.15) is 5.75 Å². The number of nitrogens with one attached hydrogen (secondary N) is 1. The average Bonchev–Trinajstić information content (AvgIpc) is 2.45. The summed E-state index contributed by atoms with van der Waals surface area (Å²) < 4.78 is 5.44. The van der Waals surface area contributed by atoms with Gasteiger partial charge in [0.05, 0.1) is 7.11 Å². The molecule has 4 rings (SSSR count). The van der Waals surface area contributed by atoms with Gasteiger partial charge in [-0.05, 0) is 42.1 Å².